The first-order valence-corrected chi connectivity index (χ1v) is 6.39. The summed E-state index contributed by atoms with van der Waals surface area (Å²) in [6.45, 7) is 1.78. The van der Waals surface area contributed by atoms with Crippen molar-refractivity contribution in [2.45, 2.75) is 18.6 Å². The normalized spacial score (nSPS) is 23.7. The largest absolute Gasteiger partial charge is 0.350 e. The van der Waals surface area contributed by atoms with E-state index in [1.54, 1.807) is 0 Å². The van der Waals surface area contributed by atoms with Gasteiger partial charge in [-0.25, -0.2) is 8.42 Å². The molecule has 0 radical (unpaired) electrons. The van der Waals surface area contributed by atoms with Crippen LogP contribution in [-0.2, 0) is 10.0 Å². The highest BCUT2D eigenvalue weighted by atomic mass is 32.2. The predicted octanol–water partition coefficient (Wildman–Crippen LogP) is 0.470. The first kappa shape index (κ1) is 12.8. The zero-order valence-corrected chi connectivity index (χ0v) is 9.43. The van der Waals surface area contributed by atoms with Gasteiger partial charge in [0, 0.05) is 13.6 Å². The zero-order chi connectivity index (χ0) is 11.5. The molecular formula is C8H16F2N2O2S. The molecule has 0 aromatic heterocycles. The quantitative estimate of drug-likeness (QED) is 0.779. The average molecular weight is 242 g/mol. The third-order valence-electron chi connectivity index (χ3n) is 2.57. The number of sulfonamides is 1. The van der Waals surface area contributed by atoms with E-state index in [1.807, 2.05) is 0 Å². The van der Waals surface area contributed by atoms with Gasteiger partial charge in [-0.3, -0.25) is 0 Å². The second kappa shape index (κ2) is 5.18. The molecule has 0 aromatic carbocycles. The van der Waals surface area contributed by atoms with Crippen LogP contribution >= 0.6 is 0 Å². The Morgan fingerprint density at radius 3 is 2.67 bits per heavy atom. The summed E-state index contributed by atoms with van der Waals surface area (Å²) in [4.78, 5) is 0. The zero-order valence-electron chi connectivity index (χ0n) is 8.62. The number of rotatable bonds is 4. The van der Waals surface area contributed by atoms with Gasteiger partial charge in [0.25, 0.3) is 10.0 Å². The topological polar surface area (TPSA) is 49.4 Å². The maximum absolute atomic E-state index is 12.2. The number of alkyl halides is 2. The van der Waals surface area contributed by atoms with Crippen molar-refractivity contribution in [3.8, 4) is 0 Å². The Bertz CT molecular complexity index is 289. The van der Waals surface area contributed by atoms with Gasteiger partial charge in [0.2, 0.25) is 0 Å². The fourth-order valence-electron chi connectivity index (χ4n) is 1.68. The highest BCUT2D eigenvalue weighted by molar-refractivity contribution is 7.89. The van der Waals surface area contributed by atoms with Gasteiger partial charge in [-0.2, -0.15) is 13.1 Å². The SMILES string of the molecule is CN(CC1CCCNC1)S(=O)(=O)C(F)F. The molecule has 1 unspecified atom stereocenters. The summed E-state index contributed by atoms with van der Waals surface area (Å²) in [6, 6.07) is 0. The molecular weight excluding hydrogens is 226 g/mol. The van der Waals surface area contributed by atoms with Crippen molar-refractivity contribution in [2.75, 3.05) is 26.7 Å². The summed E-state index contributed by atoms with van der Waals surface area (Å²) in [5, 5.41) is 3.11. The van der Waals surface area contributed by atoms with Gasteiger partial charge in [0.05, 0.1) is 0 Å². The maximum atomic E-state index is 12.2. The Labute approximate surface area is 88.7 Å². The highest BCUT2D eigenvalue weighted by Gasteiger charge is 2.30. The minimum absolute atomic E-state index is 0.136. The van der Waals surface area contributed by atoms with Gasteiger partial charge >= 0.3 is 5.76 Å². The minimum atomic E-state index is -4.40. The van der Waals surface area contributed by atoms with E-state index in [0.29, 0.717) is 6.54 Å². The lowest BCUT2D eigenvalue weighted by atomic mass is 10.00. The van der Waals surface area contributed by atoms with Crippen LogP contribution in [-0.4, -0.2) is 45.2 Å². The monoisotopic (exact) mass is 242 g/mol. The molecule has 4 nitrogen and oxygen atoms in total. The fraction of sp³-hybridized carbons (Fsp3) is 1.00. The first-order valence-electron chi connectivity index (χ1n) is 4.88. The summed E-state index contributed by atoms with van der Waals surface area (Å²) >= 11 is 0. The summed E-state index contributed by atoms with van der Waals surface area (Å²) in [5.41, 5.74) is 0. The van der Waals surface area contributed by atoms with Gasteiger partial charge < -0.3 is 5.32 Å². The molecule has 0 bridgehead atoms. The molecule has 15 heavy (non-hydrogen) atoms. The number of halogens is 2. The second-order valence-corrected chi connectivity index (χ2v) is 5.81. The van der Waals surface area contributed by atoms with E-state index in [2.05, 4.69) is 5.32 Å². The van der Waals surface area contributed by atoms with Gasteiger partial charge in [-0.05, 0) is 31.8 Å². The summed E-state index contributed by atoms with van der Waals surface area (Å²) < 4.78 is 47.2. The summed E-state index contributed by atoms with van der Waals surface area (Å²) in [6.07, 6.45) is 1.85. The number of nitrogens with one attached hydrogen (secondary N) is 1. The van der Waals surface area contributed by atoms with Crippen molar-refractivity contribution in [3.63, 3.8) is 0 Å². The molecule has 1 saturated heterocycles. The molecule has 0 amide bonds. The summed E-state index contributed by atoms with van der Waals surface area (Å²) in [7, 11) is -3.20. The van der Waals surface area contributed by atoms with Crippen LogP contribution < -0.4 is 5.32 Å². The van der Waals surface area contributed by atoms with Crippen molar-refractivity contribution >= 4 is 10.0 Å². The molecule has 1 aliphatic rings. The molecule has 1 heterocycles. The third-order valence-corrected chi connectivity index (χ3v) is 4.04. The molecule has 0 aromatic rings. The highest BCUT2D eigenvalue weighted by Crippen LogP contribution is 2.16. The van der Waals surface area contributed by atoms with E-state index < -0.39 is 15.8 Å². The van der Waals surface area contributed by atoms with Crippen LogP contribution in [0.2, 0.25) is 0 Å². The standard InChI is InChI=1S/C8H16F2N2O2S/c1-12(15(13,14)8(9)10)6-7-3-2-4-11-5-7/h7-8,11H,2-6H2,1H3. The van der Waals surface area contributed by atoms with Gasteiger partial charge in [-0.1, -0.05) is 0 Å². The van der Waals surface area contributed by atoms with Crippen LogP contribution in [0.4, 0.5) is 8.78 Å². The molecule has 1 rings (SSSR count). The number of piperidine rings is 1. The molecule has 90 valence electrons. The van der Waals surface area contributed by atoms with Crippen LogP contribution in [0, 0.1) is 5.92 Å². The minimum Gasteiger partial charge on any atom is -0.316 e. The molecule has 0 spiro atoms. The first-order chi connectivity index (χ1) is 6.94. The Morgan fingerprint density at radius 1 is 1.53 bits per heavy atom. The third kappa shape index (κ3) is 3.35. The number of hydrogen-bond acceptors (Lipinski definition) is 3. The Balaban J connectivity index is 2.50. The predicted molar refractivity (Wildman–Crippen MR) is 53.1 cm³/mol. The molecule has 1 aliphatic heterocycles. The van der Waals surface area contributed by atoms with Crippen molar-refractivity contribution in [2.24, 2.45) is 5.92 Å². The van der Waals surface area contributed by atoms with Crippen molar-refractivity contribution in [1.82, 2.24) is 9.62 Å². The molecule has 0 saturated carbocycles. The van der Waals surface area contributed by atoms with E-state index >= 15 is 0 Å². The summed E-state index contributed by atoms with van der Waals surface area (Å²) in [5.74, 6) is -3.18. The van der Waals surface area contributed by atoms with Crippen molar-refractivity contribution < 1.29 is 17.2 Å². The lowest BCUT2D eigenvalue weighted by Gasteiger charge is -2.26. The molecule has 1 atom stereocenters. The van der Waals surface area contributed by atoms with Crippen LogP contribution in [0.1, 0.15) is 12.8 Å². The average Bonchev–Trinajstić information content (AvgIpc) is 2.18. The fourth-order valence-corrected chi connectivity index (χ4v) is 2.37. The lowest BCUT2D eigenvalue weighted by Crippen LogP contribution is -2.40. The van der Waals surface area contributed by atoms with Crippen LogP contribution in [0.5, 0.6) is 0 Å². The Hall–Kier alpha value is -0.270. The second-order valence-electron chi connectivity index (χ2n) is 3.80. The molecule has 1 N–H and O–H groups in total. The van der Waals surface area contributed by atoms with E-state index in [-0.39, 0.29) is 12.5 Å². The van der Waals surface area contributed by atoms with Crippen LogP contribution in [0.25, 0.3) is 0 Å². The van der Waals surface area contributed by atoms with Gasteiger partial charge in [0.1, 0.15) is 0 Å². The molecule has 7 heteroatoms. The van der Waals surface area contributed by atoms with Gasteiger partial charge in [0.15, 0.2) is 0 Å². The maximum Gasteiger partial charge on any atom is 0.350 e. The van der Waals surface area contributed by atoms with E-state index in [0.717, 1.165) is 23.7 Å². The van der Waals surface area contributed by atoms with E-state index in [4.69, 9.17) is 0 Å². The van der Waals surface area contributed by atoms with Crippen molar-refractivity contribution in [1.29, 1.82) is 0 Å². The van der Waals surface area contributed by atoms with Crippen molar-refractivity contribution in [3.05, 3.63) is 0 Å². The van der Waals surface area contributed by atoms with Crippen LogP contribution in [0.15, 0.2) is 0 Å². The van der Waals surface area contributed by atoms with Crippen LogP contribution in [0.3, 0.4) is 0 Å². The molecule has 1 fully saturated rings. The van der Waals surface area contributed by atoms with E-state index in [9.17, 15) is 17.2 Å². The lowest BCUT2D eigenvalue weighted by molar-refractivity contribution is 0.216. The number of hydrogen-bond donors (Lipinski definition) is 1. The smallest absolute Gasteiger partial charge is 0.316 e. The number of nitrogens with zero attached hydrogens (tertiary/aromatic N) is 1. The van der Waals surface area contributed by atoms with E-state index in [1.165, 1.54) is 7.05 Å². The molecule has 0 aliphatic carbocycles. The Morgan fingerprint density at radius 2 is 2.20 bits per heavy atom. The Kier molecular flexibility index (Phi) is 4.42. The van der Waals surface area contributed by atoms with Gasteiger partial charge in [-0.15, -0.1) is 0 Å².